The predicted octanol–water partition coefficient (Wildman–Crippen LogP) is 21.7. The molecule has 0 heterocycles. The molecule has 0 saturated carbocycles. The fourth-order valence-corrected chi connectivity index (χ4v) is 12.9. The molecule has 3 N–H and O–H groups in total. The van der Waals surface area contributed by atoms with Gasteiger partial charge in [0.25, 0.3) is 0 Å². The van der Waals surface area contributed by atoms with E-state index in [1.54, 1.807) is 0 Å². The SMILES string of the molecule is CCCCCCCCCCCCCCCCCCCCC(=O)O[C@H](COC(=O)CCCCCCCCCCCCCCCCC)COP(=O)(O)OC[C@@H](O)COP(=O)(O)OC[C@@H](COC(=O)CCCCCCCCC(C)C)OC(=O)CCCCCCCCCCCCC. The Hall–Kier alpha value is -1.94. The Morgan fingerprint density at radius 2 is 0.495 bits per heavy atom. The number of phosphoric acid groups is 2. The van der Waals surface area contributed by atoms with Gasteiger partial charge in [-0.05, 0) is 31.6 Å². The van der Waals surface area contributed by atoms with Gasteiger partial charge in [0, 0.05) is 25.7 Å². The monoisotopic (exact) mass is 1370 g/mol. The Labute approximate surface area is 568 Å². The summed E-state index contributed by atoms with van der Waals surface area (Å²) < 4.78 is 68.4. The highest BCUT2D eigenvalue weighted by Crippen LogP contribution is 2.45. The molecule has 0 aliphatic carbocycles. The summed E-state index contributed by atoms with van der Waals surface area (Å²) in [7, 11) is -9.90. The zero-order valence-electron chi connectivity index (χ0n) is 60.4. The second kappa shape index (κ2) is 67.3. The van der Waals surface area contributed by atoms with E-state index in [1.165, 1.54) is 205 Å². The van der Waals surface area contributed by atoms with E-state index in [4.69, 9.17) is 37.0 Å². The molecule has 0 rings (SSSR count). The number of aliphatic hydroxyl groups is 1. The zero-order valence-corrected chi connectivity index (χ0v) is 62.2. The van der Waals surface area contributed by atoms with Crippen molar-refractivity contribution in [1.82, 2.24) is 0 Å². The normalized spacial score (nSPS) is 14.0. The molecule has 0 aromatic rings. The van der Waals surface area contributed by atoms with Crippen LogP contribution >= 0.6 is 15.6 Å². The fraction of sp³-hybridized carbons (Fsp3) is 0.946. The van der Waals surface area contributed by atoms with Crippen molar-refractivity contribution in [1.29, 1.82) is 0 Å². The van der Waals surface area contributed by atoms with E-state index < -0.39 is 97.5 Å². The molecule has 0 aliphatic heterocycles. The van der Waals surface area contributed by atoms with Gasteiger partial charge in [-0.2, -0.15) is 0 Å². The van der Waals surface area contributed by atoms with E-state index in [-0.39, 0.29) is 25.7 Å². The minimum Gasteiger partial charge on any atom is -0.462 e. The van der Waals surface area contributed by atoms with Gasteiger partial charge in [0.15, 0.2) is 12.2 Å². The van der Waals surface area contributed by atoms with E-state index in [2.05, 4.69) is 34.6 Å². The van der Waals surface area contributed by atoms with Crippen LogP contribution in [-0.2, 0) is 65.4 Å². The minimum atomic E-state index is -4.95. The van der Waals surface area contributed by atoms with Crippen molar-refractivity contribution >= 4 is 39.5 Å². The lowest BCUT2D eigenvalue weighted by molar-refractivity contribution is -0.161. The minimum absolute atomic E-state index is 0.106. The van der Waals surface area contributed by atoms with Crippen molar-refractivity contribution in [2.24, 2.45) is 5.92 Å². The summed E-state index contributed by atoms with van der Waals surface area (Å²) in [5.41, 5.74) is 0. The van der Waals surface area contributed by atoms with Crippen LogP contribution in [0.2, 0.25) is 0 Å². The number of carbonyl (C=O) groups excluding carboxylic acids is 4. The number of phosphoric ester groups is 2. The summed E-state index contributed by atoms with van der Waals surface area (Å²) in [6.45, 7) is 7.20. The van der Waals surface area contributed by atoms with Crippen LogP contribution in [0.1, 0.15) is 388 Å². The highest BCUT2D eigenvalue weighted by Gasteiger charge is 2.30. The molecular formula is C74H144O17P2. The van der Waals surface area contributed by atoms with Crippen LogP contribution in [0.25, 0.3) is 0 Å². The Morgan fingerprint density at radius 3 is 0.731 bits per heavy atom. The summed E-state index contributed by atoms with van der Waals surface area (Å²) in [5, 5.41) is 10.6. The van der Waals surface area contributed by atoms with Crippen LogP contribution in [0.3, 0.4) is 0 Å². The predicted molar refractivity (Wildman–Crippen MR) is 377 cm³/mol. The first kappa shape index (κ1) is 91.1. The lowest BCUT2D eigenvalue weighted by Gasteiger charge is -2.21. The number of rotatable bonds is 74. The van der Waals surface area contributed by atoms with Crippen LogP contribution in [0.15, 0.2) is 0 Å². The molecule has 0 aromatic heterocycles. The largest absolute Gasteiger partial charge is 0.472 e. The van der Waals surface area contributed by atoms with Gasteiger partial charge in [-0.1, -0.05) is 336 Å². The van der Waals surface area contributed by atoms with Gasteiger partial charge in [0.2, 0.25) is 0 Å². The zero-order chi connectivity index (χ0) is 68.4. The second-order valence-corrected chi connectivity index (χ2v) is 30.1. The van der Waals surface area contributed by atoms with E-state index in [1.807, 2.05) is 0 Å². The number of ether oxygens (including phenoxy) is 4. The quantitative estimate of drug-likeness (QED) is 0.0222. The molecule has 0 aromatic carbocycles. The second-order valence-electron chi connectivity index (χ2n) is 27.2. The van der Waals surface area contributed by atoms with Crippen molar-refractivity contribution in [3.63, 3.8) is 0 Å². The van der Waals surface area contributed by atoms with Crippen molar-refractivity contribution in [2.45, 2.75) is 406 Å². The van der Waals surface area contributed by atoms with E-state index in [9.17, 15) is 43.2 Å². The van der Waals surface area contributed by atoms with Crippen molar-refractivity contribution in [3.05, 3.63) is 0 Å². The molecule has 0 amide bonds. The molecule has 0 radical (unpaired) electrons. The van der Waals surface area contributed by atoms with Crippen LogP contribution in [-0.4, -0.2) is 96.7 Å². The van der Waals surface area contributed by atoms with Crippen LogP contribution in [0.4, 0.5) is 0 Å². The standard InChI is InChI=1S/C74H144O17P2/c1-6-9-12-15-18-21-24-26-28-29-30-32-34-37-40-43-50-55-60-74(79)90-69(63-84-71(76)57-52-47-41-38-36-33-31-27-25-22-19-16-13-10-7-2)65-88-92(80,81)86-61-68(75)62-87-93(82,83)89-66-70(64-85-72(77)58-53-48-45-44-46-51-56-67(4)5)91-73(78)59-54-49-42-39-35-23-20-17-14-11-8-3/h67-70,75H,6-66H2,1-5H3,(H,80,81)(H,82,83)/t68-,69-,70-/m1/s1. The van der Waals surface area contributed by atoms with Gasteiger partial charge in [-0.15, -0.1) is 0 Å². The Kier molecular flexibility index (Phi) is 65.9. The molecule has 0 bridgehead atoms. The van der Waals surface area contributed by atoms with Crippen molar-refractivity contribution in [3.8, 4) is 0 Å². The topological polar surface area (TPSA) is 237 Å². The van der Waals surface area contributed by atoms with Crippen LogP contribution in [0.5, 0.6) is 0 Å². The molecule has 17 nitrogen and oxygen atoms in total. The third kappa shape index (κ3) is 68.4. The molecule has 2 unspecified atom stereocenters. The Bertz CT molecular complexity index is 1790. The van der Waals surface area contributed by atoms with Crippen LogP contribution in [0, 0.1) is 5.92 Å². The van der Waals surface area contributed by atoms with Gasteiger partial charge in [-0.3, -0.25) is 37.3 Å². The molecule has 0 aliphatic rings. The van der Waals surface area contributed by atoms with E-state index in [0.29, 0.717) is 31.6 Å². The number of aliphatic hydroxyl groups excluding tert-OH is 1. The molecular weight excluding hydrogens is 1220 g/mol. The fourth-order valence-electron chi connectivity index (χ4n) is 11.4. The van der Waals surface area contributed by atoms with Crippen molar-refractivity contribution < 1.29 is 80.2 Å². The summed E-state index contributed by atoms with van der Waals surface area (Å²) in [6.07, 6.45) is 55.6. The van der Waals surface area contributed by atoms with Gasteiger partial charge in [0.1, 0.15) is 19.3 Å². The summed E-state index contributed by atoms with van der Waals surface area (Å²) in [5.74, 6) is -1.44. The lowest BCUT2D eigenvalue weighted by atomic mass is 10.0. The smallest absolute Gasteiger partial charge is 0.462 e. The lowest BCUT2D eigenvalue weighted by Crippen LogP contribution is -2.30. The summed E-state index contributed by atoms with van der Waals surface area (Å²) >= 11 is 0. The number of esters is 4. The Morgan fingerprint density at radius 1 is 0.290 bits per heavy atom. The van der Waals surface area contributed by atoms with Crippen molar-refractivity contribution in [2.75, 3.05) is 39.6 Å². The number of carbonyl (C=O) groups is 4. The highest BCUT2D eigenvalue weighted by molar-refractivity contribution is 7.47. The van der Waals surface area contributed by atoms with Gasteiger partial charge in [-0.25, -0.2) is 9.13 Å². The average molecular weight is 1370 g/mol. The molecule has 0 saturated heterocycles. The molecule has 0 spiro atoms. The Balaban J connectivity index is 5.22. The third-order valence-corrected chi connectivity index (χ3v) is 19.2. The summed E-state index contributed by atoms with van der Waals surface area (Å²) in [6, 6.07) is 0. The first-order valence-electron chi connectivity index (χ1n) is 38.6. The van der Waals surface area contributed by atoms with E-state index >= 15 is 0 Å². The number of hydrogen-bond acceptors (Lipinski definition) is 15. The first-order valence-corrected chi connectivity index (χ1v) is 41.6. The molecule has 552 valence electrons. The van der Waals surface area contributed by atoms with Gasteiger partial charge < -0.3 is 33.8 Å². The molecule has 0 fully saturated rings. The average Bonchev–Trinajstić information content (AvgIpc) is 1.87. The molecule has 19 heteroatoms. The third-order valence-electron chi connectivity index (χ3n) is 17.3. The maximum atomic E-state index is 13.1. The van der Waals surface area contributed by atoms with Gasteiger partial charge in [0.05, 0.1) is 26.4 Å². The molecule has 5 atom stereocenters. The first-order chi connectivity index (χ1) is 45.0. The van der Waals surface area contributed by atoms with E-state index in [0.717, 1.165) is 96.3 Å². The number of unbranched alkanes of at least 4 members (excludes halogenated alkanes) is 46. The van der Waals surface area contributed by atoms with Gasteiger partial charge >= 0.3 is 39.5 Å². The van der Waals surface area contributed by atoms with Crippen LogP contribution < -0.4 is 0 Å². The number of hydrogen-bond donors (Lipinski definition) is 3. The molecule has 93 heavy (non-hydrogen) atoms. The summed E-state index contributed by atoms with van der Waals surface area (Å²) in [4.78, 5) is 72.7. The maximum absolute atomic E-state index is 13.1. The maximum Gasteiger partial charge on any atom is 0.472 e. The highest BCUT2D eigenvalue weighted by atomic mass is 31.2.